The van der Waals surface area contributed by atoms with Crippen molar-refractivity contribution in [1.82, 2.24) is 35.0 Å². The Labute approximate surface area is 196 Å². The molecule has 4 heterocycles. The zero-order valence-corrected chi connectivity index (χ0v) is 18.2. The Morgan fingerprint density at radius 1 is 1.17 bits per heavy atom. The van der Waals surface area contributed by atoms with Crippen LogP contribution in [0.25, 0.3) is 10.9 Å². The molecular weight excluding hydrogens is 467 g/mol. The average molecular weight is 487 g/mol. The SMILES string of the molecule is C[C@@H](c1ncccn1)N(Cc1ccc(C(F)(F)F)cn1)C(O)C(=O)Nc1cnc(N)c2cn[nH]c12. The van der Waals surface area contributed by atoms with Crippen molar-refractivity contribution in [2.45, 2.75) is 31.9 Å². The third-order valence-electron chi connectivity index (χ3n) is 5.28. The van der Waals surface area contributed by atoms with Gasteiger partial charge >= 0.3 is 6.18 Å². The lowest BCUT2D eigenvalue weighted by Crippen LogP contribution is -2.45. The van der Waals surface area contributed by atoms with Crippen LogP contribution in [0.1, 0.15) is 30.0 Å². The van der Waals surface area contributed by atoms with E-state index in [2.05, 4.69) is 35.5 Å². The Hall–Kier alpha value is -4.17. The van der Waals surface area contributed by atoms with Crippen molar-refractivity contribution in [2.24, 2.45) is 0 Å². The van der Waals surface area contributed by atoms with Crippen molar-refractivity contribution >= 4 is 28.3 Å². The minimum absolute atomic E-state index is 0.175. The molecule has 0 saturated heterocycles. The van der Waals surface area contributed by atoms with Crippen LogP contribution in [-0.2, 0) is 17.5 Å². The molecule has 0 bridgehead atoms. The summed E-state index contributed by atoms with van der Waals surface area (Å²) in [6, 6.07) is 2.95. The highest BCUT2D eigenvalue weighted by molar-refractivity contribution is 6.03. The molecule has 35 heavy (non-hydrogen) atoms. The third-order valence-corrected chi connectivity index (χ3v) is 5.28. The van der Waals surface area contributed by atoms with Crippen LogP contribution >= 0.6 is 0 Å². The van der Waals surface area contributed by atoms with Crippen LogP contribution in [0, 0.1) is 0 Å². The lowest BCUT2D eigenvalue weighted by atomic mass is 10.2. The number of aromatic nitrogens is 6. The molecule has 0 radical (unpaired) electrons. The standard InChI is InChI=1S/C21H20F3N9O2/c1-11(18-26-5-2-6-27-18)33(10-13-4-3-12(7-28-13)21(22,23)24)20(35)19(34)31-15-9-29-17(25)14-8-30-32-16(14)15/h2-9,11,20,35H,10H2,1H3,(H2,25,29)(H,30,32)(H,31,34)/t11-,20?/m0/s1. The molecule has 0 aliphatic carbocycles. The number of nitrogens with one attached hydrogen (secondary N) is 2. The van der Waals surface area contributed by atoms with Crippen molar-refractivity contribution in [3.8, 4) is 0 Å². The maximum absolute atomic E-state index is 13.0. The second-order valence-electron chi connectivity index (χ2n) is 7.57. The van der Waals surface area contributed by atoms with Crippen LogP contribution in [0.4, 0.5) is 24.7 Å². The zero-order chi connectivity index (χ0) is 25.2. The summed E-state index contributed by atoms with van der Waals surface area (Å²) < 4.78 is 38.7. The lowest BCUT2D eigenvalue weighted by molar-refractivity contribution is -0.137. The first kappa shape index (κ1) is 24.0. The lowest BCUT2D eigenvalue weighted by Gasteiger charge is -2.31. The van der Waals surface area contributed by atoms with Crippen LogP contribution in [0.3, 0.4) is 0 Å². The van der Waals surface area contributed by atoms with Gasteiger partial charge in [0.15, 0.2) is 6.23 Å². The molecule has 11 nitrogen and oxygen atoms in total. The molecule has 14 heteroatoms. The van der Waals surface area contributed by atoms with Gasteiger partial charge in [-0.25, -0.2) is 15.0 Å². The number of hydrogen-bond donors (Lipinski definition) is 4. The Kier molecular flexibility index (Phi) is 6.57. The summed E-state index contributed by atoms with van der Waals surface area (Å²) in [6.07, 6.45) is 0.143. The van der Waals surface area contributed by atoms with E-state index in [1.165, 1.54) is 35.8 Å². The van der Waals surface area contributed by atoms with Crippen LogP contribution in [0.15, 0.2) is 49.2 Å². The summed E-state index contributed by atoms with van der Waals surface area (Å²) in [5.41, 5.74) is 5.72. The quantitative estimate of drug-likeness (QED) is 0.287. The number of rotatable bonds is 7. The van der Waals surface area contributed by atoms with Gasteiger partial charge in [0.25, 0.3) is 5.91 Å². The number of aromatic amines is 1. The van der Waals surface area contributed by atoms with Gasteiger partial charge in [-0.1, -0.05) is 0 Å². The normalized spacial score (nSPS) is 13.7. The maximum atomic E-state index is 13.0. The van der Waals surface area contributed by atoms with Gasteiger partial charge in [0.05, 0.1) is 46.3 Å². The maximum Gasteiger partial charge on any atom is 0.417 e. The molecule has 0 aliphatic heterocycles. The van der Waals surface area contributed by atoms with Gasteiger partial charge in [-0.05, 0) is 25.1 Å². The second kappa shape index (κ2) is 9.60. The molecule has 0 aliphatic rings. The van der Waals surface area contributed by atoms with Gasteiger partial charge in [0.1, 0.15) is 11.6 Å². The number of alkyl halides is 3. The smallest absolute Gasteiger partial charge is 0.383 e. The monoisotopic (exact) mass is 487 g/mol. The number of carbonyl (C=O) groups excluding carboxylic acids is 1. The minimum atomic E-state index is -4.54. The number of anilines is 2. The molecule has 1 unspecified atom stereocenters. The predicted molar refractivity (Wildman–Crippen MR) is 118 cm³/mol. The molecular formula is C21H20F3N9O2. The number of nitrogens with zero attached hydrogens (tertiary/aromatic N) is 6. The highest BCUT2D eigenvalue weighted by Crippen LogP contribution is 2.29. The second-order valence-corrected chi connectivity index (χ2v) is 7.57. The molecule has 182 valence electrons. The number of pyridine rings is 2. The molecule has 0 saturated carbocycles. The number of nitrogen functional groups attached to an aromatic ring is 1. The summed E-state index contributed by atoms with van der Waals surface area (Å²) in [5.74, 6) is -0.337. The van der Waals surface area contributed by atoms with E-state index in [9.17, 15) is 23.1 Å². The first-order chi connectivity index (χ1) is 16.6. The molecule has 4 aromatic heterocycles. The molecule has 0 fully saturated rings. The predicted octanol–water partition coefficient (Wildman–Crippen LogP) is 2.26. The number of carbonyl (C=O) groups is 1. The number of nitrogens with two attached hydrogens (primary N) is 1. The van der Waals surface area contributed by atoms with Crippen LogP contribution in [-0.4, -0.2) is 52.3 Å². The fourth-order valence-electron chi connectivity index (χ4n) is 3.38. The molecule has 0 spiro atoms. The van der Waals surface area contributed by atoms with Gasteiger partial charge in [-0.2, -0.15) is 18.3 Å². The van der Waals surface area contributed by atoms with E-state index in [-0.39, 0.29) is 29.6 Å². The summed E-state index contributed by atoms with van der Waals surface area (Å²) in [4.78, 5) is 30.5. The molecule has 4 rings (SSSR count). The third kappa shape index (κ3) is 5.17. The zero-order valence-electron chi connectivity index (χ0n) is 18.2. The van der Waals surface area contributed by atoms with Gasteiger partial charge in [-0.15, -0.1) is 0 Å². The topological polar surface area (TPSA) is 159 Å². The van der Waals surface area contributed by atoms with E-state index in [0.29, 0.717) is 17.1 Å². The van der Waals surface area contributed by atoms with E-state index in [1.807, 2.05) is 0 Å². The van der Waals surface area contributed by atoms with E-state index in [4.69, 9.17) is 5.73 Å². The van der Waals surface area contributed by atoms with Crippen LogP contribution in [0.5, 0.6) is 0 Å². The number of aliphatic hydroxyl groups excluding tert-OH is 1. The van der Waals surface area contributed by atoms with E-state index >= 15 is 0 Å². The molecule has 1 amide bonds. The number of H-pyrrole nitrogens is 1. The first-order valence-corrected chi connectivity index (χ1v) is 10.3. The fourth-order valence-corrected chi connectivity index (χ4v) is 3.38. The molecule has 0 aromatic carbocycles. The van der Waals surface area contributed by atoms with E-state index < -0.39 is 29.9 Å². The summed E-state index contributed by atoms with van der Waals surface area (Å²) in [7, 11) is 0. The first-order valence-electron chi connectivity index (χ1n) is 10.3. The highest BCUT2D eigenvalue weighted by atomic mass is 19.4. The number of amides is 1. The van der Waals surface area contributed by atoms with Crippen molar-refractivity contribution < 1.29 is 23.1 Å². The Morgan fingerprint density at radius 2 is 1.91 bits per heavy atom. The van der Waals surface area contributed by atoms with Gasteiger partial charge in [0, 0.05) is 25.1 Å². The Morgan fingerprint density at radius 3 is 2.57 bits per heavy atom. The molecule has 5 N–H and O–H groups in total. The van der Waals surface area contributed by atoms with Crippen LogP contribution < -0.4 is 11.1 Å². The van der Waals surface area contributed by atoms with Crippen molar-refractivity contribution in [3.05, 3.63) is 66.3 Å². The van der Waals surface area contributed by atoms with E-state index in [0.717, 1.165) is 6.07 Å². The largest absolute Gasteiger partial charge is 0.417 e. The molecule has 2 atom stereocenters. The van der Waals surface area contributed by atoms with Crippen molar-refractivity contribution in [3.63, 3.8) is 0 Å². The minimum Gasteiger partial charge on any atom is -0.383 e. The van der Waals surface area contributed by atoms with Gasteiger partial charge in [0.2, 0.25) is 0 Å². The summed E-state index contributed by atoms with van der Waals surface area (Å²) in [5, 5.41) is 20.6. The van der Waals surface area contributed by atoms with Crippen molar-refractivity contribution in [1.29, 1.82) is 0 Å². The van der Waals surface area contributed by atoms with Crippen molar-refractivity contribution in [2.75, 3.05) is 11.1 Å². The number of fused-ring (bicyclic) bond motifs is 1. The Balaban J connectivity index is 1.61. The van der Waals surface area contributed by atoms with E-state index in [1.54, 1.807) is 13.0 Å². The van der Waals surface area contributed by atoms with Gasteiger partial charge in [-0.3, -0.25) is 19.8 Å². The number of hydrogen-bond acceptors (Lipinski definition) is 9. The highest BCUT2D eigenvalue weighted by Gasteiger charge is 2.33. The summed E-state index contributed by atoms with van der Waals surface area (Å²) in [6.45, 7) is 1.47. The summed E-state index contributed by atoms with van der Waals surface area (Å²) >= 11 is 0. The fraction of sp³-hybridized carbons (Fsp3) is 0.238. The van der Waals surface area contributed by atoms with Gasteiger partial charge < -0.3 is 16.2 Å². The average Bonchev–Trinajstić information content (AvgIpc) is 3.35. The van der Waals surface area contributed by atoms with Crippen LogP contribution in [0.2, 0.25) is 0 Å². The number of halogens is 3. The Bertz CT molecular complexity index is 1310. The molecule has 4 aromatic rings. The number of aliphatic hydroxyl groups is 1.